The molecule has 0 aromatic heterocycles. The van der Waals surface area contributed by atoms with Gasteiger partial charge in [-0.2, -0.15) is 0 Å². The molecule has 1 rings (SSSR count). The number of carbonyl (C=O) groups excluding carboxylic acids is 1. The largest absolute Gasteiger partial charge is 0.392 e. The van der Waals surface area contributed by atoms with Gasteiger partial charge >= 0.3 is 0 Å². The molecule has 1 atom stereocenters. The first kappa shape index (κ1) is 16.4. The van der Waals surface area contributed by atoms with Crippen LogP contribution in [0.3, 0.4) is 0 Å². The minimum atomic E-state index is -0.721. The lowest BCUT2D eigenvalue weighted by Crippen LogP contribution is -2.59. The van der Waals surface area contributed by atoms with Crippen molar-refractivity contribution in [2.24, 2.45) is 11.1 Å². The highest BCUT2D eigenvalue weighted by Crippen LogP contribution is 2.37. The number of hydrogen-bond acceptors (Lipinski definition) is 3. The van der Waals surface area contributed by atoms with Crippen LogP contribution in [-0.4, -0.2) is 53.9 Å². The molecular formula is C14H27N3OS. The maximum Gasteiger partial charge on any atom is 0.235 e. The molecule has 4 nitrogen and oxygen atoms in total. The molecule has 0 aromatic rings. The second-order valence-corrected chi connectivity index (χ2v) is 6.62. The molecule has 1 fully saturated rings. The Morgan fingerprint density at radius 1 is 1.37 bits per heavy atom. The highest BCUT2D eigenvalue weighted by Gasteiger charge is 2.43. The van der Waals surface area contributed by atoms with Crippen LogP contribution in [0.25, 0.3) is 0 Å². The van der Waals surface area contributed by atoms with Crippen molar-refractivity contribution in [3.63, 3.8) is 0 Å². The van der Waals surface area contributed by atoms with Crippen molar-refractivity contribution in [2.45, 2.75) is 45.1 Å². The van der Waals surface area contributed by atoms with Gasteiger partial charge in [0, 0.05) is 19.1 Å². The van der Waals surface area contributed by atoms with E-state index >= 15 is 0 Å². The highest BCUT2D eigenvalue weighted by atomic mass is 32.1. The molecule has 1 unspecified atom stereocenters. The van der Waals surface area contributed by atoms with E-state index in [2.05, 4.69) is 19.0 Å². The van der Waals surface area contributed by atoms with E-state index in [-0.39, 0.29) is 11.4 Å². The van der Waals surface area contributed by atoms with Crippen molar-refractivity contribution in [1.29, 1.82) is 0 Å². The monoisotopic (exact) mass is 285 g/mol. The zero-order valence-corrected chi connectivity index (χ0v) is 13.6. The van der Waals surface area contributed by atoms with Crippen LogP contribution < -0.4 is 5.73 Å². The van der Waals surface area contributed by atoms with Gasteiger partial charge < -0.3 is 15.5 Å². The normalized spacial score (nSPS) is 20.5. The SMILES string of the molecule is CCC(C)(C(=O)N(C)CC1(N(C)C)CCC1)C(N)=S. The fraction of sp³-hybridized carbons (Fsp3) is 0.857. The Bertz CT molecular complexity index is 366. The molecule has 2 N–H and O–H groups in total. The molecule has 19 heavy (non-hydrogen) atoms. The fourth-order valence-corrected chi connectivity index (χ4v) is 2.93. The van der Waals surface area contributed by atoms with E-state index in [9.17, 15) is 4.79 Å². The van der Waals surface area contributed by atoms with Crippen LogP contribution in [0.2, 0.25) is 0 Å². The Kier molecular flexibility index (Phi) is 4.96. The maximum absolute atomic E-state index is 12.6. The molecule has 1 aliphatic carbocycles. The van der Waals surface area contributed by atoms with E-state index in [1.165, 1.54) is 6.42 Å². The zero-order valence-electron chi connectivity index (χ0n) is 12.8. The minimum absolute atomic E-state index is 0.0376. The number of nitrogens with two attached hydrogens (primary N) is 1. The summed E-state index contributed by atoms with van der Waals surface area (Å²) < 4.78 is 0. The first-order valence-electron chi connectivity index (χ1n) is 6.92. The van der Waals surface area contributed by atoms with Crippen molar-refractivity contribution < 1.29 is 4.79 Å². The van der Waals surface area contributed by atoms with E-state index in [1.807, 2.05) is 25.8 Å². The maximum atomic E-state index is 12.6. The standard InChI is InChI=1S/C14H27N3OS/c1-6-13(2,11(15)19)12(18)17(5)10-14(16(3)4)8-7-9-14/h6-10H2,1-5H3,(H2,15,19). The van der Waals surface area contributed by atoms with Gasteiger partial charge in [-0.05, 0) is 46.7 Å². The molecule has 0 aliphatic heterocycles. The van der Waals surface area contributed by atoms with Gasteiger partial charge in [-0.1, -0.05) is 19.1 Å². The minimum Gasteiger partial charge on any atom is -0.392 e. The Balaban J connectivity index is 2.80. The summed E-state index contributed by atoms with van der Waals surface area (Å²) in [6.45, 7) is 4.55. The molecule has 0 heterocycles. The third-order valence-corrected chi connectivity index (χ3v) is 5.28. The van der Waals surface area contributed by atoms with Crippen LogP contribution in [0, 0.1) is 5.41 Å². The Hall–Kier alpha value is -0.680. The smallest absolute Gasteiger partial charge is 0.235 e. The van der Waals surface area contributed by atoms with Crippen molar-refractivity contribution in [3.8, 4) is 0 Å². The van der Waals surface area contributed by atoms with Crippen LogP contribution in [0.1, 0.15) is 39.5 Å². The second-order valence-electron chi connectivity index (χ2n) is 6.18. The lowest BCUT2D eigenvalue weighted by Gasteiger charge is -2.50. The van der Waals surface area contributed by atoms with Crippen LogP contribution >= 0.6 is 12.2 Å². The Labute approximate surface area is 122 Å². The van der Waals surface area contributed by atoms with Gasteiger partial charge in [0.2, 0.25) is 5.91 Å². The van der Waals surface area contributed by atoms with Crippen molar-refractivity contribution in [1.82, 2.24) is 9.80 Å². The molecule has 0 saturated heterocycles. The quantitative estimate of drug-likeness (QED) is 0.754. The van der Waals surface area contributed by atoms with Gasteiger partial charge in [-0.25, -0.2) is 0 Å². The second kappa shape index (κ2) is 5.75. The molecule has 0 radical (unpaired) electrons. The molecule has 1 saturated carbocycles. The van der Waals surface area contributed by atoms with E-state index < -0.39 is 5.41 Å². The molecule has 0 bridgehead atoms. The summed E-state index contributed by atoms with van der Waals surface area (Å²) in [5.41, 5.74) is 5.18. The summed E-state index contributed by atoms with van der Waals surface area (Å²) in [7, 11) is 6.03. The number of hydrogen-bond donors (Lipinski definition) is 1. The predicted molar refractivity (Wildman–Crippen MR) is 83.1 cm³/mol. The summed E-state index contributed by atoms with van der Waals surface area (Å²) >= 11 is 5.08. The van der Waals surface area contributed by atoms with E-state index in [0.717, 1.165) is 19.4 Å². The summed E-state index contributed by atoms with van der Waals surface area (Å²) in [5.74, 6) is 0.0376. The van der Waals surface area contributed by atoms with Gasteiger partial charge in [-0.3, -0.25) is 4.79 Å². The molecule has 0 aromatic carbocycles. The Morgan fingerprint density at radius 3 is 2.16 bits per heavy atom. The predicted octanol–water partition coefficient (Wildman–Crippen LogP) is 1.63. The highest BCUT2D eigenvalue weighted by molar-refractivity contribution is 7.80. The van der Waals surface area contributed by atoms with Gasteiger partial charge in [-0.15, -0.1) is 0 Å². The Morgan fingerprint density at radius 2 is 1.89 bits per heavy atom. The molecule has 1 amide bonds. The number of likely N-dealkylation sites (N-methyl/N-ethyl adjacent to an activating group) is 2. The number of nitrogens with zero attached hydrogens (tertiary/aromatic N) is 2. The van der Waals surface area contributed by atoms with E-state index in [1.54, 1.807) is 0 Å². The summed E-state index contributed by atoms with van der Waals surface area (Å²) in [4.78, 5) is 17.0. The van der Waals surface area contributed by atoms with Crippen LogP contribution in [0.5, 0.6) is 0 Å². The number of amides is 1. The van der Waals surface area contributed by atoms with Gasteiger partial charge in [0.1, 0.15) is 0 Å². The molecule has 0 spiro atoms. The van der Waals surface area contributed by atoms with Crippen molar-refractivity contribution in [2.75, 3.05) is 27.7 Å². The first-order valence-corrected chi connectivity index (χ1v) is 7.33. The topological polar surface area (TPSA) is 49.6 Å². The van der Waals surface area contributed by atoms with Crippen LogP contribution in [0.15, 0.2) is 0 Å². The molecule has 110 valence electrons. The van der Waals surface area contributed by atoms with Crippen LogP contribution in [0.4, 0.5) is 0 Å². The van der Waals surface area contributed by atoms with E-state index in [0.29, 0.717) is 11.4 Å². The average molecular weight is 285 g/mol. The lowest BCUT2D eigenvalue weighted by atomic mass is 9.75. The first-order chi connectivity index (χ1) is 8.69. The summed E-state index contributed by atoms with van der Waals surface area (Å²) in [6.07, 6.45) is 4.17. The summed E-state index contributed by atoms with van der Waals surface area (Å²) in [6, 6.07) is 0. The van der Waals surface area contributed by atoms with Gasteiger partial charge in [0.05, 0.1) is 10.4 Å². The van der Waals surface area contributed by atoms with Gasteiger partial charge in [0.25, 0.3) is 0 Å². The third-order valence-electron chi connectivity index (χ3n) is 4.83. The van der Waals surface area contributed by atoms with Gasteiger partial charge in [0.15, 0.2) is 0 Å². The van der Waals surface area contributed by atoms with Crippen LogP contribution in [-0.2, 0) is 4.79 Å². The fourth-order valence-electron chi connectivity index (χ4n) is 2.70. The average Bonchev–Trinajstić information content (AvgIpc) is 2.30. The number of thiocarbonyl (C=S) groups is 1. The number of rotatable bonds is 6. The molecule has 1 aliphatic rings. The third kappa shape index (κ3) is 2.92. The van der Waals surface area contributed by atoms with E-state index in [4.69, 9.17) is 18.0 Å². The number of carbonyl (C=O) groups is 1. The molecule has 5 heteroatoms. The summed E-state index contributed by atoms with van der Waals surface area (Å²) in [5, 5.41) is 0. The lowest BCUT2D eigenvalue weighted by molar-refractivity contribution is -0.139. The molecular weight excluding hydrogens is 258 g/mol. The van der Waals surface area contributed by atoms with Crippen molar-refractivity contribution >= 4 is 23.1 Å². The zero-order chi connectivity index (χ0) is 14.8. The van der Waals surface area contributed by atoms with Crippen molar-refractivity contribution in [3.05, 3.63) is 0 Å².